The van der Waals surface area contributed by atoms with Crippen molar-refractivity contribution in [1.29, 1.82) is 0 Å². The molecule has 8 rings (SSSR count). The molecule has 2 nitrogen and oxygen atoms in total. The van der Waals surface area contributed by atoms with E-state index in [9.17, 15) is 0 Å². The lowest BCUT2D eigenvalue weighted by Crippen LogP contribution is -2.35. The minimum absolute atomic E-state index is 0.0124. The van der Waals surface area contributed by atoms with Crippen LogP contribution in [0.1, 0.15) is 45.5 Å². The van der Waals surface area contributed by atoms with Crippen LogP contribution < -0.4 is 9.80 Å². The molecule has 0 amide bonds. The smallest absolute Gasteiger partial charge is 0.0851 e. The van der Waals surface area contributed by atoms with Crippen molar-refractivity contribution in [2.75, 3.05) is 9.80 Å². The Bertz CT molecular complexity index is 2040. The summed E-state index contributed by atoms with van der Waals surface area (Å²) in [6.07, 6.45) is 4.35. The van der Waals surface area contributed by atoms with Crippen molar-refractivity contribution in [2.24, 2.45) is 0 Å². The van der Waals surface area contributed by atoms with E-state index in [1.807, 2.05) is 0 Å². The van der Waals surface area contributed by atoms with Gasteiger partial charge in [-0.3, -0.25) is 0 Å². The molecular formula is C46H36N2. The summed E-state index contributed by atoms with van der Waals surface area (Å²) in [5.41, 5.74) is 12.2. The fourth-order valence-electron chi connectivity index (χ4n) is 7.07. The Labute approximate surface area is 283 Å². The van der Waals surface area contributed by atoms with E-state index in [2.05, 4.69) is 216 Å². The van der Waals surface area contributed by atoms with E-state index in [0.717, 1.165) is 22.7 Å². The summed E-state index contributed by atoms with van der Waals surface area (Å²) in [5, 5.41) is 0. The molecule has 0 atom stereocenters. The molecule has 1 aliphatic rings. The van der Waals surface area contributed by atoms with Crippen molar-refractivity contribution in [2.45, 2.75) is 12.1 Å². The van der Waals surface area contributed by atoms with E-state index < -0.39 is 0 Å². The highest BCUT2D eigenvalue weighted by molar-refractivity contribution is 5.75. The van der Waals surface area contributed by atoms with Gasteiger partial charge in [0.1, 0.15) is 0 Å². The van der Waals surface area contributed by atoms with E-state index in [4.69, 9.17) is 0 Å². The third-order valence-electron chi connectivity index (χ3n) is 9.23. The highest BCUT2D eigenvalue weighted by atomic mass is 15.2. The Morgan fingerprint density at radius 3 is 0.896 bits per heavy atom. The van der Waals surface area contributed by atoms with Gasteiger partial charge in [-0.05, 0) is 81.9 Å². The van der Waals surface area contributed by atoms with Crippen LogP contribution in [-0.4, -0.2) is 0 Å². The molecule has 1 aliphatic carbocycles. The largest absolute Gasteiger partial charge is 0.330 e. The van der Waals surface area contributed by atoms with Gasteiger partial charge in [0.05, 0.1) is 12.1 Å². The van der Waals surface area contributed by atoms with E-state index in [-0.39, 0.29) is 12.1 Å². The fourth-order valence-corrected chi connectivity index (χ4v) is 7.07. The standard InChI is InChI=1S/C46H36N2/c1-5-17-35(18-6-1)29-30-36-31-33-40(34-32-36)48(39-23-11-4-12-24-39)46-43-27-15-13-25-41(43)45(42-26-14-16-28-44(42)46)47(37-19-7-2-8-20-37)38-21-9-3-10-22-38/h1-34,45-46H. The van der Waals surface area contributed by atoms with Gasteiger partial charge in [-0.2, -0.15) is 0 Å². The third kappa shape index (κ3) is 5.70. The number of fused-ring (bicyclic) bond motifs is 2. The third-order valence-corrected chi connectivity index (χ3v) is 9.23. The summed E-state index contributed by atoms with van der Waals surface area (Å²) in [6, 6.07) is 69.8. The first-order valence-corrected chi connectivity index (χ1v) is 16.6. The maximum absolute atomic E-state index is 2.51. The molecule has 0 spiro atoms. The molecular weight excluding hydrogens is 581 g/mol. The topological polar surface area (TPSA) is 6.48 Å². The van der Waals surface area contributed by atoms with Crippen LogP contribution in [-0.2, 0) is 0 Å². The molecule has 0 radical (unpaired) electrons. The second kappa shape index (κ2) is 13.3. The molecule has 0 saturated heterocycles. The van der Waals surface area contributed by atoms with Gasteiger partial charge in [-0.25, -0.2) is 0 Å². The van der Waals surface area contributed by atoms with Gasteiger partial charge >= 0.3 is 0 Å². The molecule has 2 heteroatoms. The summed E-state index contributed by atoms with van der Waals surface area (Å²) >= 11 is 0. The molecule has 0 fully saturated rings. The number of benzene rings is 7. The first kappa shape index (κ1) is 29.3. The minimum atomic E-state index is -0.0323. The number of anilines is 4. The lowest BCUT2D eigenvalue weighted by atomic mass is 9.77. The Morgan fingerprint density at radius 1 is 0.271 bits per heavy atom. The Morgan fingerprint density at radius 2 is 0.542 bits per heavy atom. The van der Waals surface area contributed by atoms with Crippen LogP contribution in [0.4, 0.5) is 22.7 Å². The molecule has 7 aromatic rings. The van der Waals surface area contributed by atoms with Crippen molar-refractivity contribution >= 4 is 34.9 Å². The van der Waals surface area contributed by atoms with Crippen LogP contribution in [0.5, 0.6) is 0 Å². The first-order chi connectivity index (χ1) is 23.8. The second-order valence-electron chi connectivity index (χ2n) is 12.1. The van der Waals surface area contributed by atoms with Crippen LogP contribution in [0, 0.1) is 0 Å². The molecule has 48 heavy (non-hydrogen) atoms. The zero-order chi connectivity index (χ0) is 32.1. The van der Waals surface area contributed by atoms with Crippen molar-refractivity contribution < 1.29 is 0 Å². The average Bonchev–Trinajstić information content (AvgIpc) is 3.17. The van der Waals surface area contributed by atoms with E-state index >= 15 is 0 Å². The SMILES string of the molecule is C(=Cc1ccc(N(c2ccccc2)C2c3ccccc3C(N(c3ccccc3)c3ccccc3)c3ccccc32)cc1)c1ccccc1. The monoisotopic (exact) mass is 616 g/mol. The quantitative estimate of drug-likeness (QED) is 0.157. The van der Waals surface area contributed by atoms with Gasteiger partial charge in [-0.15, -0.1) is 0 Å². The number of nitrogens with zero attached hydrogens (tertiary/aromatic N) is 2. The zero-order valence-corrected chi connectivity index (χ0v) is 26.7. The Balaban J connectivity index is 1.28. The summed E-state index contributed by atoms with van der Waals surface area (Å²) in [4.78, 5) is 5.00. The van der Waals surface area contributed by atoms with Crippen LogP contribution in [0.2, 0.25) is 0 Å². The predicted octanol–water partition coefficient (Wildman–Crippen LogP) is 12.0. The molecule has 0 saturated carbocycles. The predicted molar refractivity (Wildman–Crippen MR) is 202 cm³/mol. The highest BCUT2D eigenvalue weighted by Crippen LogP contribution is 2.51. The number of rotatable bonds is 8. The van der Waals surface area contributed by atoms with E-state index in [1.54, 1.807) is 0 Å². The maximum atomic E-state index is 2.51. The first-order valence-electron chi connectivity index (χ1n) is 16.6. The van der Waals surface area contributed by atoms with Crippen LogP contribution >= 0.6 is 0 Å². The molecule has 7 aromatic carbocycles. The van der Waals surface area contributed by atoms with Crippen molar-refractivity contribution in [3.8, 4) is 0 Å². The number of hydrogen-bond acceptors (Lipinski definition) is 2. The van der Waals surface area contributed by atoms with Crippen molar-refractivity contribution in [3.05, 3.63) is 228 Å². The molecule has 230 valence electrons. The number of para-hydroxylation sites is 3. The zero-order valence-electron chi connectivity index (χ0n) is 26.7. The Hall–Kier alpha value is -6.12. The van der Waals surface area contributed by atoms with Gasteiger partial charge in [0, 0.05) is 22.7 Å². The molecule has 0 heterocycles. The molecule has 0 N–H and O–H groups in total. The van der Waals surface area contributed by atoms with E-state index in [1.165, 1.54) is 33.4 Å². The van der Waals surface area contributed by atoms with Gasteiger partial charge in [0.2, 0.25) is 0 Å². The average molecular weight is 617 g/mol. The number of hydrogen-bond donors (Lipinski definition) is 0. The fraction of sp³-hybridized carbons (Fsp3) is 0.0435. The van der Waals surface area contributed by atoms with Gasteiger partial charge in [-0.1, -0.05) is 158 Å². The summed E-state index contributed by atoms with van der Waals surface area (Å²) in [6.45, 7) is 0. The Kier molecular flexibility index (Phi) is 8.13. The normalized spacial score (nSPS) is 15.0. The lowest BCUT2D eigenvalue weighted by Gasteiger charge is -2.45. The molecule has 0 aliphatic heterocycles. The minimum Gasteiger partial charge on any atom is -0.330 e. The van der Waals surface area contributed by atoms with E-state index in [0.29, 0.717) is 0 Å². The van der Waals surface area contributed by atoms with Gasteiger partial charge < -0.3 is 9.80 Å². The molecule has 0 aromatic heterocycles. The van der Waals surface area contributed by atoms with Gasteiger partial charge in [0.15, 0.2) is 0 Å². The van der Waals surface area contributed by atoms with Crippen LogP contribution in [0.15, 0.2) is 194 Å². The van der Waals surface area contributed by atoms with Crippen LogP contribution in [0.25, 0.3) is 12.2 Å². The highest BCUT2D eigenvalue weighted by Gasteiger charge is 2.39. The summed E-state index contributed by atoms with van der Waals surface area (Å²) in [7, 11) is 0. The summed E-state index contributed by atoms with van der Waals surface area (Å²) in [5.74, 6) is 0. The van der Waals surface area contributed by atoms with Crippen molar-refractivity contribution in [3.63, 3.8) is 0 Å². The lowest BCUT2D eigenvalue weighted by molar-refractivity contribution is 0.699. The van der Waals surface area contributed by atoms with Crippen molar-refractivity contribution in [1.82, 2.24) is 0 Å². The van der Waals surface area contributed by atoms with Crippen LogP contribution in [0.3, 0.4) is 0 Å². The second-order valence-corrected chi connectivity index (χ2v) is 12.1. The maximum Gasteiger partial charge on any atom is 0.0851 e. The molecule has 0 unspecified atom stereocenters. The summed E-state index contributed by atoms with van der Waals surface area (Å²) < 4.78 is 0. The van der Waals surface area contributed by atoms with Gasteiger partial charge in [0.25, 0.3) is 0 Å². The molecule has 0 bridgehead atoms.